The minimum atomic E-state index is -2.03. The Morgan fingerprint density at radius 2 is 2.28 bits per heavy atom. The molecule has 1 atom stereocenters. The number of pyridine rings is 1. The number of carboxylic acids is 1. The molecule has 1 aromatic rings. The maximum Gasteiger partial charge on any atom is 0.337 e. The highest BCUT2D eigenvalue weighted by molar-refractivity contribution is 9.10. The van der Waals surface area contributed by atoms with Crippen LogP contribution in [0.15, 0.2) is 16.9 Å². The second-order valence-electron chi connectivity index (χ2n) is 3.71. The number of nitrogens with zero attached hydrogens (tertiary/aromatic N) is 2. The van der Waals surface area contributed by atoms with Gasteiger partial charge in [0.1, 0.15) is 11.9 Å². The Morgan fingerprint density at radius 1 is 1.67 bits per heavy atom. The summed E-state index contributed by atoms with van der Waals surface area (Å²) >= 11 is 3.06. The average molecular weight is 320 g/mol. The molecule has 18 heavy (non-hydrogen) atoms. The molecule has 0 aliphatic rings. The molecule has 0 aliphatic carbocycles. The van der Waals surface area contributed by atoms with Crippen molar-refractivity contribution in [2.24, 2.45) is 0 Å². The van der Waals surface area contributed by atoms with Gasteiger partial charge in [-0.05, 0) is 22.9 Å². The number of rotatable bonds is 5. The number of carboxylic acid groups (broad SMARTS) is 1. The van der Waals surface area contributed by atoms with E-state index in [1.807, 2.05) is 0 Å². The highest BCUT2D eigenvalue weighted by Crippen LogP contribution is 2.31. The summed E-state index contributed by atoms with van der Waals surface area (Å²) in [5.41, 5.74) is -2.28. The molecule has 1 unspecified atom stereocenters. The number of aromatic nitrogens is 1. The zero-order chi connectivity index (χ0) is 13.9. The standard InChI is InChI=1S/C9H10BrN3O5/c1-9(16,8(14)15)4-12-7-5(10)2-11-3-6(7)13(17)18/h2-3,16H,4H2,1H3,(H,11,12)(H,14,15). The number of hydrogen-bond donors (Lipinski definition) is 3. The Balaban J connectivity index is 2.98. The highest BCUT2D eigenvalue weighted by atomic mass is 79.9. The third kappa shape index (κ3) is 3.14. The summed E-state index contributed by atoms with van der Waals surface area (Å²) in [6.45, 7) is 0.703. The first-order valence-corrected chi connectivity index (χ1v) is 5.52. The van der Waals surface area contributed by atoms with Crippen LogP contribution in [0.4, 0.5) is 11.4 Å². The number of nitro groups is 1. The van der Waals surface area contributed by atoms with E-state index in [0.717, 1.165) is 13.1 Å². The van der Waals surface area contributed by atoms with E-state index in [9.17, 15) is 20.0 Å². The Kier molecular flexibility index (Phi) is 4.19. The number of nitrogens with one attached hydrogen (secondary N) is 1. The number of carbonyl (C=O) groups is 1. The molecular weight excluding hydrogens is 310 g/mol. The Bertz CT molecular complexity index is 491. The van der Waals surface area contributed by atoms with Crippen molar-refractivity contribution in [2.75, 3.05) is 11.9 Å². The summed E-state index contributed by atoms with van der Waals surface area (Å²) in [6, 6.07) is 0. The summed E-state index contributed by atoms with van der Waals surface area (Å²) in [5, 5.41) is 31.5. The van der Waals surface area contributed by atoms with Crippen LogP contribution in [0, 0.1) is 10.1 Å². The predicted molar refractivity (Wildman–Crippen MR) is 65.3 cm³/mol. The van der Waals surface area contributed by atoms with E-state index in [-0.39, 0.29) is 17.9 Å². The highest BCUT2D eigenvalue weighted by Gasteiger charge is 2.31. The lowest BCUT2D eigenvalue weighted by atomic mass is 10.1. The Morgan fingerprint density at radius 3 is 2.78 bits per heavy atom. The second kappa shape index (κ2) is 5.27. The molecule has 1 aromatic heterocycles. The molecule has 98 valence electrons. The maximum atomic E-state index is 10.8. The lowest BCUT2D eigenvalue weighted by Crippen LogP contribution is -2.41. The van der Waals surface area contributed by atoms with E-state index < -0.39 is 16.5 Å². The van der Waals surface area contributed by atoms with Crippen molar-refractivity contribution in [1.29, 1.82) is 0 Å². The van der Waals surface area contributed by atoms with E-state index in [4.69, 9.17) is 5.11 Å². The number of anilines is 1. The molecule has 8 nitrogen and oxygen atoms in total. The molecule has 0 saturated heterocycles. The fourth-order valence-corrected chi connectivity index (χ4v) is 1.54. The zero-order valence-electron chi connectivity index (χ0n) is 9.25. The monoisotopic (exact) mass is 319 g/mol. The number of hydrogen-bond acceptors (Lipinski definition) is 6. The van der Waals surface area contributed by atoms with Gasteiger partial charge < -0.3 is 15.5 Å². The third-order valence-corrected chi connectivity index (χ3v) is 2.75. The van der Waals surface area contributed by atoms with Crippen LogP contribution in [-0.4, -0.2) is 38.2 Å². The van der Waals surface area contributed by atoms with Gasteiger partial charge in [-0.15, -0.1) is 0 Å². The summed E-state index contributed by atoms with van der Waals surface area (Å²) < 4.78 is 0.304. The second-order valence-corrected chi connectivity index (χ2v) is 4.56. The van der Waals surface area contributed by atoms with Gasteiger partial charge in [-0.1, -0.05) is 0 Å². The number of aliphatic hydroxyl groups is 1. The van der Waals surface area contributed by atoms with Crippen LogP contribution in [0.1, 0.15) is 6.92 Å². The predicted octanol–water partition coefficient (Wildman–Crippen LogP) is 1.000. The van der Waals surface area contributed by atoms with E-state index in [2.05, 4.69) is 26.2 Å². The molecule has 0 bridgehead atoms. The molecule has 0 amide bonds. The number of aliphatic carboxylic acids is 1. The van der Waals surface area contributed by atoms with Crippen molar-refractivity contribution in [1.82, 2.24) is 4.98 Å². The molecule has 0 aliphatic heterocycles. The largest absolute Gasteiger partial charge is 0.479 e. The van der Waals surface area contributed by atoms with Crippen molar-refractivity contribution in [2.45, 2.75) is 12.5 Å². The lowest BCUT2D eigenvalue weighted by molar-refractivity contribution is -0.384. The van der Waals surface area contributed by atoms with Crippen LogP contribution in [-0.2, 0) is 4.79 Å². The molecule has 0 fully saturated rings. The lowest BCUT2D eigenvalue weighted by Gasteiger charge is -2.19. The first-order chi connectivity index (χ1) is 8.25. The van der Waals surface area contributed by atoms with Gasteiger partial charge in [0, 0.05) is 6.20 Å². The van der Waals surface area contributed by atoms with Crippen molar-refractivity contribution < 1.29 is 19.9 Å². The van der Waals surface area contributed by atoms with Gasteiger partial charge in [-0.2, -0.15) is 0 Å². The Labute approximate surface area is 110 Å². The van der Waals surface area contributed by atoms with E-state index >= 15 is 0 Å². The smallest absolute Gasteiger partial charge is 0.337 e. The summed E-state index contributed by atoms with van der Waals surface area (Å²) in [7, 11) is 0. The zero-order valence-corrected chi connectivity index (χ0v) is 10.8. The van der Waals surface area contributed by atoms with Gasteiger partial charge >= 0.3 is 11.7 Å². The van der Waals surface area contributed by atoms with Gasteiger partial charge in [-0.25, -0.2) is 4.79 Å². The van der Waals surface area contributed by atoms with Gasteiger partial charge in [-0.3, -0.25) is 15.1 Å². The molecule has 0 radical (unpaired) electrons. The van der Waals surface area contributed by atoms with Crippen molar-refractivity contribution in [3.8, 4) is 0 Å². The fourth-order valence-electron chi connectivity index (χ4n) is 1.07. The molecule has 0 saturated carbocycles. The quantitative estimate of drug-likeness (QED) is 0.546. The molecule has 0 spiro atoms. The van der Waals surface area contributed by atoms with E-state index in [1.165, 1.54) is 6.20 Å². The topological polar surface area (TPSA) is 126 Å². The summed E-state index contributed by atoms with van der Waals surface area (Å²) in [5.74, 6) is -1.43. The summed E-state index contributed by atoms with van der Waals surface area (Å²) in [4.78, 5) is 24.4. The minimum Gasteiger partial charge on any atom is -0.479 e. The molecule has 3 N–H and O–H groups in total. The molecular formula is C9H10BrN3O5. The van der Waals surface area contributed by atoms with E-state index in [1.54, 1.807) is 0 Å². The molecule has 1 rings (SSSR count). The van der Waals surface area contributed by atoms with Crippen molar-refractivity contribution in [3.63, 3.8) is 0 Å². The van der Waals surface area contributed by atoms with Crippen LogP contribution in [0.3, 0.4) is 0 Å². The third-order valence-electron chi connectivity index (χ3n) is 2.15. The van der Waals surface area contributed by atoms with Crippen LogP contribution >= 0.6 is 15.9 Å². The Hall–Kier alpha value is -1.74. The normalized spacial score (nSPS) is 13.7. The van der Waals surface area contributed by atoms with Crippen LogP contribution < -0.4 is 5.32 Å². The van der Waals surface area contributed by atoms with Gasteiger partial charge in [0.25, 0.3) is 0 Å². The molecule has 9 heteroatoms. The maximum absolute atomic E-state index is 10.8. The first-order valence-electron chi connectivity index (χ1n) is 4.73. The van der Waals surface area contributed by atoms with E-state index in [0.29, 0.717) is 4.47 Å². The minimum absolute atomic E-state index is 0.0662. The average Bonchev–Trinajstić information content (AvgIpc) is 2.26. The van der Waals surface area contributed by atoms with Gasteiger partial charge in [0.2, 0.25) is 0 Å². The van der Waals surface area contributed by atoms with Crippen molar-refractivity contribution in [3.05, 3.63) is 27.0 Å². The van der Waals surface area contributed by atoms with Gasteiger partial charge in [0.15, 0.2) is 5.60 Å². The van der Waals surface area contributed by atoms with Crippen LogP contribution in [0.25, 0.3) is 0 Å². The van der Waals surface area contributed by atoms with Crippen molar-refractivity contribution >= 4 is 33.3 Å². The SMILES string of the molecule is CC(O)(CNc1c(Br)cncc1[N+](=O)[O-])C(=O)O. The summed E-state index contributed by atoms with van der Waals surface area (Å²) in [6.07, 6.45) is 2.35. The number of halogens is 1. The molecule has 1 heterocycles. The van der Waals surface area contributed by atoms with Crippen LogP contribution in [0.2, 0.25) is 0 Å². The molecule has 0 aromatic carbocycles. The van der Waals surface area contributed by atoms with Crippen LogP contribution in [0.5, 0.6) is 0 Å². The fraction of sp³-hybridized carbons (Fsp3) is 0.333. The first kappa shape index (κ1) is 14.3. The van der Waals surface area contributed by atoms with Gasteiger partial charge in [0.05, 0.1) is 15.9 Å².